The van der Waals surface area contributed by atoms with Gasteiger partial charge in [0.2, 0.25) is 5.91 Å². The number of carbonyl (C=O) groups is 2. The zero-order valence-electron chi connectivity index (χ0n) is 14.0. The molecule has 0 bridgehead atoms. The molecular formula is C18H17ClFN3O3. The minimum absolute atomic E-state index is 0.0849. The number of pyridine rings is 1. The minimum atomic E-state index is -1.10. The summed E-state index contributed by atoms with van der Waals surface area (Å²) in [5, 5.41) is 9.76. The maximum atomic E-state index is 14.1. The van der Waals surface area contributed by atoms with Crippen LogP contribution in [0.5, 0.6) is 0 Å². The number of aliphatic hydroxyl groups is 1. The number of carbonyl (C=O) groups excluding carboxylic acids is 2. The molecule has 1 saturated heterocycles. The van der Waals surface area contributed by atoms with Crippen LogP contribution >= 0.6 is 11.6 Å². The Morgan fingerprint density at radius 1 is 1.31 bits per heavy atom. The number of nitrogens with zero attached hydrogens (tertiary/aromatic N) is 3. The molecule has 6 nitrogen and oxygen atoms in total. The normalized spacial score (nSPS) is 17.8. The number of hydrogen-bond donors (Lipinski definition) is 1. The highest BCUT2D eigenvalue weighted by Crippen LogP contribution is 2.25. The number of anilines is 1. The van der Waals surface area contributed by atoms with E-state index in [1.54, 1.807) is 0 Å². The molecule has 2 amide bonds. The van der Waals surface area contributed by atoms with Gasteiger partial charge in [0.15, 0.2) is 11.6 Å². The monoisotopic (exact) mass is 377 g/mol. The Kier molecular flexibility index (Phi) is 5.20. The fourth-order valence-electron chi connectivity index (χ4n) is 2.84. The van der Waals surface area contributed by atoms with Gasteiger partial charge in [0.25, 0.3) is 5.91 Å². The van der Waals surface area contributed by atoms with Crippen molar-refractivity contribution in [3.63, 3.8) is 0 Å². The van der Waals surface area contributed by atoms with Gasteiger partial charge in [-0.1, -0.05) is 41.4 Å². The van der Waals surface area contributed by atoms with Crippen LogP contribution in [0.2, 0.25) is 5.02 Å². The van der Waals surface area contributed by atoms with Crippen LogP contribution in [0.4, 0.5) is 10.2 Å². The molecule has 1 N–H and O–H groups in total. The summed E-state index contributed by atoms with van der Waals surface area (Å²) < 4.78 is 14.1. The first-order chi connectivity index (χ1) is 12.4. The summed E-state index contributed by atoms with van der Waals surface area (Å²) in [6.45, 7) is 1.21. The molecule has 3 rings (SSSR count). The lowest BCUT2D eigenvalue weighted by Gasteiger charge is -2.39. The Morgan fingerprint density at radius 2 is 2.00 bits per heavy atom. The van der Waals surface area contributed by atoms with Crippen LogP contribution in [-0.2, 0) is 16.1 Å². The van der Waals surface area contributed by atoms with Gasteiger partial charge in [-0.15, -0.1) is 0 Å². The van der Waals surface area contributed by atoms with Crippen LogP contribution < -0.4 is 4.90 Å². The van der Waals surface area contributed by atoms with Gasteiger partial charge >= 0.3 is 0 Å². The molecule has 0 unspecified atom stereocenters. The molecule has 1 aromatic heterocycles. The number of aliphatic hydroxyl groups excluding tert-OH is 1. The van der Waals surface area contributed by atoms with Crippen LogP contribution in [0.3, 0.4) is 0 Å². The van der Waals surface area contributed by atoms with Crippen LogP contribution in [0, 0.1) is 12.7 Å². The molecule has 1 atom stereocenters. The van der Waals surface area contributed by atoms with Crippen molar-refractivity contribution in [1.29, 1.82) is 0 Å². The fourth-order valence-corrected chi connectivity index (χ4v) is 2.99. The quantitative estimate of drug-likeness (QED) is 0.883. The van der Waals surface area contributed by atoms with Gasteiger partial charge in [0, 0.05) is 12.7 Å². The van der Waals surface area contributed by atoms with E-state index in [0.29, 0.717) is 0 Å². The lowest BCUT2D eigenvalue weighted by Crippen LogP contribution is -2.61. The van der Waals surface area contributed by atoms with Crippen molar-refractivity contribution < 1.29 is 19.1 Å². The zero-order valence-corrected chi connectivity index (χ0v) is 14.8. The second kappa shape index (κ2) is 7.39. The highest BCUT2D eigenvalue weighted by molar-refractivity contribution is 6.30. The van der Waals surface area contributed by atoms with Crippen LogP contribution in [-0.4, -0.2) is 46.0 Å². The Labute approximate surface area is 154 Å². The molecule has 136 valence electrons. The van der Waals surface area contributed by atoms with Gasteiger partial charge in [0.05, 0.1) is 11.6 Å². The second-order valence-corrected chi connectivity index (χ2v) is 6.53. The molecule has 26 heavy (non-hydrogen) atoms. The Balaban J connectivity index is 1.87. The third kappa shape index (κ3) is 3.54. The van der Waals surface area contributed by atoms with E-state index in [2.05, 4.69) is 4.98 Å². The number of aryl methyl sites for hydroxylation is 1. The highest BCUT2D eigenvalue weighted by atomic mass is 35.5. The summed E-state index contributed by atoms with van der Waals surface area (Å²) in [5.41, 5.74) is 1.91. The van der Waals surface area contributed by atoms with Gasteiger partial charge in [0.1, 0.15) is 12.6 Å². The molecular weight excluding hydrogens is 361 g/mol. The summed E-state index contributed by atoms with van der Waals surface area (Å²) >= 11 is 5.68. The van der Waals surface area contributed by atoms with Crippen LogP contribution in [0.25, 0.3) is 0 Å². The lowest BCUT2D eigenvalue weighted by molar-refractivity contribution is -0.145. The molecule has 0 aliphatic carbocycles. The van der Waals surface area contributed by atoms with E-state index in [-0.39, 0.29) is 23.9 Å². The van der Waals surface area contributed by atoms with Crippen LogP contribution in [0.1, 0.15) is 11.1 Å². The Bertz CT molecular complexity index is 844. The molecule has 0 spiro atoms. The molecule has 1 aromatic carbocycles. The number of aromatic nitrogens is 1. The number of rotatable bonds is 4. The first-order valence-corrected chi connectivity index (χ1v) is 8.37. The Hall–Kier alpha value is -2.51. The SMILES string of the molecule is Cc1ccc(CN2C(=O)CN(c3ncc(Cl)cc3F)C(=O)[C@@H]2CO)cc1. The summed E-state index contributed by atoms with van der Waals surface area (Å²) in [6.07, 6.45) is 1.20. The van der Waals surface area contributed by atoms with Crippen molar-refractivity contribution in [1.82, 2.24) is 9.88 Å². The average Bonchev–Trinajstić information content (AvgIpc) is 2.60. The molecule has 0 saturated carbocycles. The number of benzene rings is 1. The number of piperazine rings is 1. The third-order valence-electron chi connectivity index (χ3n) is 4.23. The highest BCUT2D eigenvalue weighted by Gasteiger charge is 2.40. The van der Waals surface area contributed by atoms with E-state index in [9.17, 15) is 19.1 Å². The largest absolute Gasteiger partial charge is 0.394 e. The van der Waals surface area contributed by atoms with E-state index in [1.165, 1.54) is 11.1 Å². The van der Waals surface area contributed by atoms with E-state index < -0.39 is 30.3 Å². The summed E-state index contributed by atoms with van der Waals surface area (Å²) in [6, 6.07) is 7.43. The number of hydrogen-bond acceptors (Lipinski definition) is 4. The fraction of sp³-hybridized carbons (Fsp3) is 0.278. The van der Waals surface area contributed by atoms with Crippen molar-refractivity contribution in [3.8, 4) is 0 Å². The third-order valence-corrected chi connectivity index (χ3v) is 4.44. The van der Waals surface area contributed by atoms with Gasteiger partial charge in [-0.2, -0.15) is 0 Å². The van der Waals surface area contributed by atoms with E-state index >= 15 is 0 Å². The molecule has 8 heteroatoms. The molecule has 0 radical (unpaired) electrons. The molecule has 1 fully saturated rings. The van der Waals surface area contributed by atoms with Crippen LogP contribution in [0.15, 0.2) is 36.5 Å². The van der Waals surface area contributed by atoms with Crippen molar-refractivity contribution in [2.45, 2.75) is 19.5 Å². The number of amides is 2. The van der Waals surface area contributed by atoms with Crippen molar-refractivity contribution in [3.05, 3.63) is 58.5 Å². The predicted molar refractivity (Wildman–Crippen MR) is 94.2 cm³/mol. The molecule has 2 aromatic rings. The first kappa shape index (κ1) is 18.3. The van der Waals surface area contributed by atoms with Crippen molar-refractivity contribution >= 4 is 29.2 Å². The average molecular weight is 378 g/mol. The van der Waals surface area contributed by atoms with E-state index in [1.807, 2.05) is 31.2 Å². The smallest absolute Gasteiger partial charge is 0.253 e. The van der Waals surface area contributed by atoms with Crippen molar-refractivity contribution in [2.75, 3.05) is 18.1 Å². The lowest BCUT2D eigenvalue weighted by atomic mass is 10.1. The van der Waals surface area contributed by atoms with E-state index in [0.717, 1.165) is 22.1 Å². The Morgan fingerprint density at radius 3 is 2.62 bits per heavy atom. The number of halogens is 2. The molecule has 1 aliphatic heterocycles. The molecule has 1 aliphatic rings. The van der Waals surface area contributed by atoms with Gasteiger partial charge in [-0.3, -0.25) is 14.5 Å². The molecule has 2 heterocycles. The maximum Gasteiger partial charge on any atom is 0.253 e. The maximum absolute atomic E-state index is 14.1. The predicted octanol–water partition coefficient (Wildman–Crippen LogP) is 1.92. The minimum Gasteiger partial charge on any atom is -0.394 e. The standard InChI is InChI=1S/C18H17ClFN3O3/c1-11-2-4-12(5-3-11)8-22-15(10-24)18(26)23(9-16(22)25)17-14(20)6-13(19)7-21-17/h2-7,15,24H,8-10H2,1H3/t15-/m0/s1. The summed E-state index contributed by atoms with van der Waals surface area (Å²) in [4.78, 5) is 31.4. The van der Waals surface area contributed by atoms with Crippen molar-refractivity contribution in [2.24, 2.45) is 0 Å². The van der Waals surface area contributed by atoms with E-state index in [4.69, 9.17) is 11.6 Å². The van der Waals surface area contributed by atoms with Gasteiger partial charge in [-0.05, 0) is 18.6 Å². The summed E-state index contributed by atoms with van der Waals surface area (Å²) in [5.74, 6) is -2.07. The van der Waals surface area contributed by atoms with Gasteiger partial charge < -0.3 is 10.0 Å². The first-order valence-electron chi connectivity index (χ1n) is 7.99. The zero-order chi connectivity index (χ0) is 18.8. The van der Waals surface area contributed by atoms with Gasteiger partial charge in [-0.25, -0.2) is 9.37 Å². The topological polar surface area (TPSA) is 73.7 Å². The second-order valence-electron chi connectivity index (χ2n) is 6.09. The summed E-state index contributed by atoms with van der Waals surface area (Å²) in [7, 11) is 0.